The maximum Gasteiger partial charge on any atom is 0.0110 e. The van der Waals surface area contributed by atoms with Gasteiger partial charge in [0.25, 0.3) is 0 Å². The highest BCUT2D eigenvalue weighted by atomic mass is 15.0. The Morgan fingerprint density at radius 1 is 1.00 bits per heavy atom. The zero-order valence-corrected chi connectivity index (χ0v) is 11.7. The molecule has 0 amide bonds. The Labute approximate surface area is 111 Å². The van der Waals surface area contributed by atoms with Crippen LogP contribution in [0.3, 0.4) is 0 Å². The largest absolute Gasteiger partial charge is 0.311 e. The highest BCUT2D eigenvalue weighted by molar-refractivity contribution is 5.29. The smallest absolute Gasteiger partial charge is 0.0110 e. The van der Waals surface area contributed by atoms with Gasteiger partial charge in [-0.2, -0.15) is 0 Å². The topological polar surface area (TPSA) is 12.0 Å². The summed E-state index contributed by atoms with van der Waals surface area (Å²) in [5.41, 5.74) is 4.32. The van der Waals surface area contributed by atoms with E-state index >= 15 is 0 Å². The maximum atomic E-state index is 3.90. The predicted molar refractivity (Wildman–Crippen MR) is 76.9 cm³/mol. The normalized spacial score (nSPS) is 31.3. The Morgan fingerprint density at radius 2 is 1.78 bits per heavy atom. The van der Waals surface area contributed by atoms with E-state index < -0.39 is 0 Å². The summed E-state index contributed by atoms with van der Waals surface area (Å²) in [5, 5.41) is 3.90. The van der Waals surface area contributed by atoms with Crippen molar-refractivity contribution in [2.75, 3.05) is 0 Å². The number of rotatable bonds is 2. The van der Waals surface area contributed by atoms with Crippen LogP contribution in [0.25, 0.3) is 0 Å². The highest BCUT2D eigenvalue weighted by Gasteiger charge is 2.32. The fourth-order valence-corrected chi connectivity index (χ4v) is 4.04. The molecule has 18 heavy (non-hydrogen) atoms. The molecule has 3 unspecified atom stereocenters. The fourth-order valence-electron chi connectivity index (χ4n) is 4.04. The van der Waals surface area contributed by atoms with Gasteiger partial charge in [-0.1, -0.05) is 35.7 Å². The summed E-state index contributed by atoms with van der Waals surface area (Å²) in [6, 6.07) is 8.52. The summed E-state index contributed by atoms with van der Waals surface area (Å²) in [6.45, 7) is 4.41. The second-order valence-electron chi connectivity index (χ2n) is 6.44. The second kappa shape index (κ2) is 5.05. The van der Waals surface area contributed by atoms with Crippen LogP contribution in [0.4, 0.5) is 0 Å². The van der Waals surface area contributed by atoms with Crippen molar-refractivity contribution in [2.24, 2.45) is 5.92 Å². The lowest BCUT2D eigenvalue weighted by molar-refractivity contribution is 0.257. The Kier molecular flexibility index (Phi) is 3.43. The van der Waals surface area contributed by atoms with Crippen LogP contribution >= 0.6 is 0 Å². The van der Waals surface area contributed by atoms with Crippen LogP contribution in [0.5, 0.6) is 0 Å². The minimum Gasteiger partial charge on any atom is -0.311 e. The monoisotopic (exact) mass is 243 g/mol. The Hall–Kier alpha value is -0.820. The van der Waals surface area contributed by atoms with Crippen LogP contribution < -0.4 is 5.32 Å². The molecule has 0 radical (unpaired) electrons. The average molecular weight is 243 g/mol. The van der Waals surface area contributed by atoms with Crippen LogP contribution in [-0.2, 0) is 6.42 Å². The minimum atomic E-state index is 0.713. The van der Waals surface area contributed by atoms with Crippen molar-refractivity contribution in [3.05, 3.63) is 34.9 Å². The average Bonchev–Trinajstić information content (AvgIpc) is 2.74. The first-order valence-corrected chi connectivity index (χ1v) is 7.54. The van der Waals surface area contributed by atoms with Crippen molar-refractivity contribution < 1.29 is 0 Å². The van der Waals surface area contributed by atoms with Gasteiger partial charge >= 0.3 is 0 Å². The third kappa shape index (κ3) is 2.61. The van der Waals surface area contributed by atoms with E-state index in [0.717, 1.165) is 12.0 Å². The molecule has 1 aromatic carbocycles. The van der Waals surface area contributed by atoms with Gasteiger partial charge < -0.3 is 5.32 Å². The van der Waals surface area contributed by atoms with Gasteiger partial charge in [0.2, 0.25) is 0 Å². The lowest BCUT2D eigenvalue weighted by Crippen LogP contribution is -2.46. The molecule has 98 valence electrons. The molecule has 1 aliphatic heterocycles. The van der Waals surface area contributed by atoms with E-state index in [1.54, 1.807) is 0 Å². The second-order valence-corrected chi connectivity index (χ2v) is 6.44. The minimum absolute atomic E-state index is 0.713. The summed E-state index contributed by atoms with van der Waals surface area (Å²) < 4.78 is 0. The molecular formula is C17H25N. The molecule has 1 heterocycles. The third-order valence-electron chi connectivity index (χ3n) is 4.76. The van der Waals surface area contributed by atoms with Crippen molar-refractivity contribution in [1.29, 1.82) is 0 Å². The molecule has 1 aliphatic carbocycles. The van der Waals surface area contributed by atoms with Gasteiger partial charge in [0.15, 0.2) is 0 Å². The van der Waals surface area contributed by atoms with Crippen molar-refractivity contribution in [2.45, 2.75) is 64.5 Å². The highest BCUT2D eigenvalue weighted by Crippen LogP contribution is 2.34. The van der Waals surface area contributed by atoms with Gasteiger partial charge in [-0.15, -0.1) is 0 Å². The summed E-state index contributed by atoms with van der Waals surface area (Å²) >= 11 is 0. The lowest BCUT2D eigenvalue weighted by Gasteiger charge is -2.33. The van der Waals surface area contributed by atoms with Crippen LogP contribution in [0.15, 0.2) is 18.2 Å². The summed E-state index contributed by atoms with van der Waals surface area (Å²) in [4.78, 5) is 0. The Morgan fingerprint density at radius 3 is 2.56 bits per heavy atom. The standard InChI is InChI=1S/C17H25N/c1-12-8-13(2)10-14(9-12)11-16-7-6-15-4-3-5-17(15)18-16/h8-10,15-18H,3-7,11H2,1-2H3. The Balaban J connectivity index is 1.65. The molecule has 0 bridgehead atoms. The van der Waals surface area contributed by atoms with E-state index in [1.807, 2.05) is 0 Å². The molecule has 3 atom stereocenters. The number of hydrogen-bond donors (Lipinski definition) is 1. The van der Waals surface area contributed by atoms with Crippen molar-refractivity contribution in [3.8, 4) is 0 Å². The van der Waals surface area contributed by atoms with Crippen molar-refractivity contribution >= 4 is 0 Å². The molecule has 1 nitrogen and oxygen atoms in total. The van der Waals surface area contributed by atoms with Gasteiger partial charge in [0.05, 0.1) is 0 Å². The molecule has 0 aromatic heterocycles. The quantitative estimate of drug-likeness (QED) is 0.834. The molecule has 3 rings (SSSR count). The van der Waals surface area contributed by atoms with E-state index in [9.17, 15) is 0 Å². The van der Waals surface area contributed by atoms with Gasteiger partial charge in [0.1, 0.15) is 0 Å². The van der Waals surface area contributed by atoms with E-state index in [-0.39, 0.29) is 0 Å². The molecule has 2 fully saturated rings. The number of hydrogen-bond acceptors (Lipinski definition) is 1. The van der Waals surface area contributed by atoms with Crippen LogP contribution in [0.1, 0.15) is 48.8 Å². The van der Waals surface area contributed by atoms with E-state index in [4.69, 9.17) is 0 Å². The van der Waals surface area contributed by atoms with Crippen LogP contribution in [-0.4, -0.2) is 12.1 Å². The Bertz CT molecular complexity index is 403. The maximum absolute atomic E-state index is 3.90. The van der Waals surface area contributed by atoms with Crippen LogP contribution in [0, 0.1) is 19.8 Å². The van der Waals surface area contributed by atoms with Gasteiger partial charge in [0, 0.05) is 12.1 Å². The molecule has 0 spiro atoms. The van der Waals surface area contributed by atoms with Crippen LogP contribution in [0.2, 0.25) is 0 Å². The van der Waals surface area contributed by atoms with Gasteiger partial charge in [-0.25, -0.2) is 0 Å². The van der Waals surface area contributed by atoms with Crippen molar-refractivity contribution in [3.63, 3.8) is 0 Å². The lowest BCUT2D eigenvalue weighted by atomic mass is 9.87. The number of nitrogens with one attached hydrogen (secondary N) is 1. The first kappa shape index (κ1) is 12.2. The number of benzene rings is 1. The third-order valence-corrected chi connectivity index (χ3v) is 4.76. The van der Waals surface area contributed by atoms with E-state index in [0.29, 0.717) is 6.04 Å². The van der Waals surface area contributed by atoms with Crippen molar-refractivity contribution in [1.82, 2.24) is 5.32 Å². The first-order valence-electron chi connectivity index (χ1n) is 7.54. The molecule has 1 aromatic rings. The van der Waals surface area contributed by atoms with E-state index in [1.165, 1.54) is 55.2 Å². The molecule has 1 saturated carbocycles. The fraction of sp³-hybridized carbons (Fsp3) is 0.647. The number of aryl methyl sites for hydroxylation is 2. The molecule has 1 N–H and O–H groups in total. The van der Waals surface area contributed by atoms with E-state index in [2.05, 4.69) is 37.4 Å². The first-order chi connectivity index (χ1) is 8.70. The zero-order valence-electron chi connectivity index (χ0n) is 11.7. The molecular weight excluding hydrogens is 218 g/mol. The van der Waals surface area contributed by atoms with Gasteiger partial charge in [-0.05, 0) is 57.4 Å². The molecule has 1 heteroatoms. The van der Waals surface area contributed by atoms with Gasteiger partial charge in [-0.3, -0.25) is 0 Å². The molecule has 2 aliphatic rings. The predicted octanol–water partition coefficient (Wildman–Crippen LogP) is 3.77. The summed E-state index contributed by atoms with van der Waals surface area (Å²) in [6.07, 6.45) is 8.35. The SMILES string of the molecule is Cc1cc(C)cc(CC2CCC3CCCC3N2)c1. The summed E-state index contributed by atoms with van der Waals surface area (Å²) in [7, 11) is 0. The summed E-state index contributed by atoms with van der Waals surface area (Å²) in [5.74, 6) is 0.987. The molecule has 1 saturated heterocycles. The zero-order chi connectivity index (χ0) is 12.5. The number of piperidine rings is 1. The number of fused-ring (bicyclic) bond motifs is 1.